The Balaban J connectivity index is 1.82. The molecule has 242 valence electrons. The largest absolute Gasteiger partial charge is 0.497 e. The average molecular weight is 644 g/mol. The van der Waals surface area contributed by atoms with Crippen LogP contribution < -0.4 is 19.1 Å². The number of hydrogen-bond donors (Lipinski definition) is 1. The van der Waals surface area contributed by atoms with Gasteiger partial charge in [-0.05, 0) is 60.9 Å². The zero-order valence-electron chi connectivity index (χ0n) is 26.7. The van der Waals surface area contributed by atoms with Gasteiger partial charge in [0.05, 0.1) is 24.8 Å². The highest BCUT2D eigenvalue weighted by molar-refractivity contribution is 7.92. The van der Waals surface area contributed by atoms with Gasteiger partial charge >= 0.3 is 0 Å². The Morgan fingerprint density at radius 2 is 1.43 bits per heavy atom. The van der Waals surface area contributed by atoms with E-state index in [0.717, 1.165) is 21.0 Å². The van der Waals surface area contributed by atoms with Crippen LogP contribution in [0.25, 0.3) is 0 Å². The van der Waals surface area contributed by atoms with E-state index < -0.39 is 28.5 Å². The molecule has 10 heteroatoms. The number of rotatable bonds is 15. The van der Waals surface area contributed by atoms with Crippen LogP contribution in [0.2, 0.25) is 0 Å². The van der Waals surface area contributed by atoms with Crippen molar-refractivity contribution >= 4 is 27.5 Å². The molecule has 0 aliphatic carbocycles. The van der Waals surface area contributed by atoms with Crippen LogP contribution in [0, 0.1) is 6.92 Å². The van der Waals surface area contributed by atoms with Crippen molar-refractivity contribution in [2.24, 2.45) is 0 Å². The van der Waals surface area contributed by atoms with E-state index in [0.29, 0.717) is 24.5 Å². The van der Waals surface area contributed by atoms with Crippen LogP contribution in [0.3, 0.4) is 0 Å². The first-order valence-electron chi connectivity index (χ1n) is 15.1. The lowest BCUT2D eigenvalue weighted by Crippen LogP contribution is -2.53. The van der Waals surface area contributed by atoms with Crippen molar-refractivity contribution in [2.45, 2.75) is 44.2 Å². The monoisotopic (exact) mass is 643 g/mol. The molecule has 0 aliphatic rings. The van der Waals surface area contributed by atoms with Crippen LogP contribution in [-0.2, 0) is 32.6 Å². The third kappa shape index (κ3) is 8.66. The van der Waals surface area contributed by atoms with E-state index in [1.165, 1.54) is 24.1 Å². The standard InChI is InChI=1S/C36H41N3O6S/c1-5-21-37-36(41)34(23-28-11-7-6-8-12-28)38(25-29-13-9-15-31(22-29)44-3)35(40)26-39(30-14-10-16-32(24-30)45-4)46(42,43)33-19-17-27(2)18-20-33/h6-20,22,24,34H,5,21,23,25-26H2,1-4H3,(H,37,41). The van der Waals surface area contributed by atoms with E-state index in [4.69, 9.17) is 9.47 Å². The van der Waals surface area contributed by atoms with Crippen LogP contribution in [0.1, 0.15) is 30.0 Å². The van der Waals surface area contributed by atoms with E-state index in [-0.39, 0.29) is 29.5 Å². The lowest BCUT2D eigenvalue weighted by atomic mass is 10.0. The minimum atomic E-state index is -4.22. The number of hydrogen-bond acceptors (Lipinski definition) is 6. The van der Waals surface area contributed by atoms with Crippen LogP contribution in [0.4, 0.5) is 5.69 Å². The van der Waals surface area contributed by atoms with Crippen LogP contribution in [-0.4, -0.2) is 58.5 Å². The van der Waals surface area contributed by atoms with Gasteiger partial charge in [0.25, 0.3) is 10.0 Å². The molecule has 1 unspecified atom stereocenters. The molecule has 0 fully saturated rings. The van der Waals surface area contributed by atoms with E-state index >= 15 is 0 Å². The summed E-state index contributed by atoms with van der Waals surface area (Å²) in [6.07, 6.45) is 0.946. The highest BCUT2D eigenvalue weighted by Crippen LogP contribution is 2.28. The van der Waals surface area contributed by atoms with Gasteiger partial charge in [-0.15, -0.1) is 0 Å². The third-order valence-electron chi connectivity index (χ3n) is 7.54. The molecule has 0 bridgehead atoms. The Morgan fingerprint density at radius 1 is 0.804 bits per heavy atom. The second-order valence-electron chi connectivity index (χ2n) is 10.9. The summed E-state index contributed by atoms with van der Waals surface area (Å²) in [6, 6.07) is 28.8. The number of anilines is 1. The van der Waals surface area contributed by atoms with E-state index in [1.54, 1.807) is 55.6 Å². The number of nitrogens with zero attached hydrogens (tertiary/aromatic N) is 2. The molecule has 0 heterocycles. The zero-order chi connectivity index (χ0) is 33.1. The lowest BCUT2D eigenvalue weighted by molar-refractivity contribution is -0.140. The summed E-state index contributed by atoms with van der Waals surface area (Å²) in [7, 11) is -1.17. The number of benzene rings is 4. The molecule has 9 nitrogen and oxygen atoms in total. The number of nitrogens with one attached hydrogen (secondary N) is 1. The zero-order valence-corrected chi connectivity index (χ0v) is 27.5. The average Bonchev–Trinajstić information content (AvgIpc) is 3.08. The Morgan fingerprint density at radius 3 is 2.09 bits per heavy atom. The lowest BCUT2D eigenvalue weighted by Gasteiger charge is -2.34. The van der Waals surface area contributed by atoms with Crippen molar-refractivity contribution in [3.8, 4) is 11.5 Å². The molecular formula is C36H41N3O6S. The summed E-state index contributed by atoms with van der Waals surface area (Å²) >= 11 is 0. The number of carbonyl (C=O) groups is 2. The molecule has 0 aliphatic heterocycles. The van der Waals surface area contributed by atoms with E-state index in [2.05, 4.69) is 5.32 Å². The van der Waals surface area contributed by atoms with Gasteiger partial charge in [-0.25, -0.2) is 8.42 Å². The molecular weight excluding hydrogens is 602 g/mol. The second kappa shape index (κ2) is 15.9. The number of ether oxygens (including phenoxy) is 2. The van der Waals surface area contributed by atoms with Gasteiger partial charge in [-0.3, -0.25) is 13.9 Å². The van der Waals surface area contributed by atoms with Gasteiger partial charge in [-0.2, -0.15) is 0 Å². The van der Waals surface area contributed by atoms with Crippen molar-refractivity contribution in [1.29, 1.82) is 0 Å². The summed E-state index contributed by atoms with van der Waals surface area (Å²) in [4.78, 5) is 29.8. The highest BCUT2D eigenvalue weighted by Gasteiger charge is 2.34. The number of methoxy groups -OCH3 is 2. The van der Waals surface area contributed by atoms with Gasteiger partial charge in [0.1, 0.15) is 24.1 Å². The summed E-state index contributed by atoms with van der Waals surface area (Å²) in [6.45, 7) is 3.74. The maximum Gasteiger partial charge on any atom is 0.264 e. The van der Waals surface area contributed by atoms with Gasteiger partial charge in [0.15, 0.2) is 0 Å². The molecule has 4 aromatic rings. The van der Waals surface area contributed by atoms with Gasteiger partial charge in [0.2, 0.25) is 11.8 Å². The number of aryl methyl sites for hydroxylation is 1. The summed E-state index contributed by atoms with van der Waals surface area (Å²) in [5.41, 5.74) is 2.74. The molecule has 0 saturated heterocycles. The fourth-order valence-electron chi connectivity index (χ4n) is 5.02. The normalized spacial score (nSPS) is 11.7. The van der Waals surface area contributed by atoms with Crippen LogP contribution >= 0.6 is 0 Å². The Labute approximate surface area is 271 Å². The maximum absolute atomic E-state index is 14.6. The predicted molar refractivity (Wildman–Crippen MR) is 179 cm³/mol. The molecule has 4 rings (SSSR count). The Hall–Kier alpha value is -4.83. The van der Waals surface area contributed by atoms with Crippen molar-refractivity contribution in [3.63, 3.8) is 0 Å². The minimum Gasteiger partial charge on any atom is -0.497 e. The molecule has 4 aromatic carbocycles. The topological polar surface area (TPSA) is 105 Å². The van der Waals surface area contributed by atoms with Gasteiger partial charge in [0, 0.05) is 25.6 Å². The number of amides is 2. The number of carbonyl (C=O) groups excluding carboxylic acids is 2. The fourth-order valence-corrected chi connectivity index (χ4v) is 6.43. The molecule has 0 radical (unpaired) electrons. The SMILES string of the molecule is CCCNC(=O)C(Cc1ccccc1)N(Cc1cccc(OC)c1)C(=O)CN(c1cccc(OC)c1)S(=O)(=O)c1ccc(C)cc1. The first-order chi connectivity index (χ1) is 22.2. The summed E-state index contributed by atoms with van der Waals surface area (Å²) in [5, 5.41) is 2.95. The molecule has 0 spiro atoms. The Bertz CT molecular complexity index is 1710. The molecule has 0 saturated carbocycles. The third-order valence-corrected chi connectivity index (χ3v) is 9.32. The van der Waals surface area contributed by atoms with Gasteiger partial charge < -0.3 is 19.7 Å². The van der Waals surface area contributed by atoms with Crippen LogP contribution in [0.15, 0.2) is 108 Å². The quantitative estimate of drug-likeness (QED) is 0.187. The number of sulfonamides is 1. The smallest absolute Gasteiger partial charge is 0.264 e. The maximum atomic E-state index is 14.6. The van der Waals surface area contributed by atoms with Crippen molar-refractivity contribution in [1.82, 2.24) is 10.2 Å². The highest BCUT2D eigenvalue weighted by atomic mass is 32.2. The molecule has 1 atom stereocenters. The molecule has 46 heavy (non-hydrogen) atoms. The minimum absolute atomic E-state index is 0.0367. The Kier molecular flexibility index (Phi) is 11.8. The van der Waals surface area contributed by atoms with Crippen LogP contribution in [0.5, 0.6) is 11.5 Å². The fraction of sp³-hybridized carbons (Fsp3) is 0.278. The van der Waals surface area contributed by atoms with Crippen molar-refractivity contribution in [3.05, 3.63) is 120 Å². The summed E-state index contributed by atoms with van der Waals surface area (Å²) < 4.78 is 40.3. The first kappa shape index (κ1) is 34.1. The molecule has 0 aromatic heterocycles. The van der Waals surface area contributed by atoms with E-state index in [1.807, 2.05) is 56.3 Å². The van der Waals surface area contributed by atoms with Gasteiger partial charge in [-0.1, -0.05) is 73.2 Å². The van der Waals surface area contributed by atoms with Crippen molar-refractivity contribution < 1.29 is 27.5 Å². The van der Waals surface area contributed by atoms with Crippen molar-refractivity contribution in [2.75, 3.05) is 31.6 Å². The first-order valence-corrected chi connectivity index (χ1v) is 16.6. The second-order valence-corrected chi connectivity index (χ2v) is 12.8. The predicted octanol–water partition coefficient (Wildman–Crippen LogP) is 5.37. The van der Waals surface area contributed by atoms with E-state index in [9.17, 15) is 18.0 Å². The molecule has 1 N–H and O–H groups in total. The summed E-state index contributed by atoms with van der Waals surface area (Å²) in [5.74, 6) is 0.160. The molecule has 2 amide bonds.